The van der Waals surface area contributed by atoms with Crippen LogP contribution in [0.25, 0.3) is 0 Å². The van der Waals surface area contributed by atoms with Crippen molar-refractivity contribution in [2.75, 3.05) is 7.05 Å². The lowest BCUT2D eigenvalue weighted by molar-refractivity contribution is -0.138. The van der Waals surface area contributed by atoms with Gasteiger partial charge in [-0.25, -0.2) is 0 Å². The van der Waals surface area contributed by atoms with Crippen LogP contribution in [0.15, 0.2) is 0 Å². The summed E-state index contributed by atoms with van der Waals surface area (Å²) >= 11 is 0. The van der Waals surface area contributed by atoms with Gasteiger partial charge >= 0.3 is 0 Å². The molecular formula is C10H17NO2. The maximum atomic E-state index is 11.2. The molecule has 0 aromatic heterocycles. The van der Waals surface area contributed by atoms with E-state index < -0.39 is 5.91 Å². The largest absolute Gasteiger partial charge is 0.353 e. The van der Waals surface area contributed by atoms with E-state index in [2.05, 4.69) is 5.32 Å². The molecule has 0 aromatic carbocycles. The van der Waals surface area contributed by atoms with Crippen molar-refractivity contribution in [2.45, 2.75) is 38.5 Å². The van der Waals surface area contributed by atoms with Crippen molar-refractivity contribution in [1.82, 2.24) is 5.32 Å². The molecule has 13 heavy (non-hydrogen) atoms. The summed E-state index contributed by atoms with van der Waals surface area (Å²) in [6.07, 6.45) is 6.38. The van der Waals surface area contributed by atoms with E-state index in [1.807, 2.05) is 0 Å². The summed E-state index contributed by atoms with van der Waals surface area (Å²) in [5, 5.41) is 2.37. The lowest BCUT2D eigenvalue weighted by atomic mass is 9.86. The summed E-state index contributed by atoms with van der Waals surface area (Å²) in [6.45, 7) is 0. The number of hydrogen-bond donors (Lipinski definition) is 1. The second-order valence-corrected chi connectivity index (χ2v) is 3.71. The number of carbonyl (C=O) groups is 2. The van der Waals surface area contributed by atoms with E-state index in [1.54, 1.807) is 0 Å². The Morgan fingerprint density at radius 3 is 2.38 bits per heavy atom. The van der Waals surface area contributed by atoms with Crippen LogP contribution >= 0.6 is 0 Å². The Balaban J connectivity index is 2.30. The van der Waals surface area contributed by atoms with Crippen LogP contribution in [-0.2, 0) is 9.59 Å². The van der Waals surface area contributed by atoms with E-state index in [4.69, 9.17) is 0 Å². The molecule has 1 rings (SSSR count). The Labute approximate surface area is 78.9 Å². The molecule has 1 aliphatic carbocycles. The molecule has 1 fully saturated rings. The second-order valence-electron chi connectivity index (χ2n) is 3.71. The molecule has 3 nitrogen and oxygen atoms in total. The van der Waals surface area contributed by atoms with E-state index >= 15 is 0 Å². The Kier molecular flexibility index (Phi) is 3.93. The van der Waals surface area contributed by atoms with Crippen molar-refractivity contribution in [1.29, 1.82) is 0 Å². The van der Waals surface area contributed by atoms with E-state index in [0.29, 0.717) is 12.3 Å². The zero-order valence-corrected chi connectivity index (χ0v) is 8.14. The molecular weight excluding hydrogens is 166 g/mol. The van der Waals surface area contributed by atoms with Crippen LogP contribution in [0.4, 0.5) is 0 Å². The van der Waals surface area contributed by atoms with E-state index in [1.165, 1.54) is 26.3 Å². The Hall–Kier alpha value is -0.860. The number of carbonyl (C=O) groups excluding carboxylic acids is 2. The molecule has 0 radical (unpaired) electrons. The Morgan fingerprint density at radius 2 is 1.85 bits per heavy atom. The minimum absolute atomic E-state index is 0.255. The van der Waals surface area contributed by atoms with Gasteiger partial charge in [-0.1, -0.05) is 32.1 Å². The highest BCUT2D eigenvalue weighted by atomic mass is 16.2. The van der Waals surface area contributed by atoms with Gasteiger partial charge in [-0.05, 0) is 5.92 Å². The first-order valence-electron chi connectivity index (χ1n) is 4.99. The minimum Gasteiger partial charge on any atom is -0.353 e. The summed E-state index contributed by atoms with van der Waals surface area (Å²) in [6, 6.07) is 0. The van der Waals surface area contributed by atoms with Gasteiger partial charge in [0.1, 0.15) is 0 Å². The highest BCUT2D eigenvalue weighted by Gasteiger charge is 2.20. The molecule has 0 aromatic rings. The number of ketones is 1. The number of hydrogen-bond acceptors (Lipinski definition) is 2. The van der Waals surface area contributed by atoms with Gasteiger partial charge in [0.25, 0.3) is 5.91 Å². The molecule has 1 aliphatic rings. The quantitative estimate of drug-likeness (QED) is 0.670. The average molecular weight is 183 g/mol. The Morgan fingerprint density at radius 1 is 1.23 bits per heavy atom. The third-order valence-corrected chi connectivity index (χ3v) is 2.68. The van der Waals surface area contributed by atoms with Crippen molar-refractivity contribution in [3.63, 3.8) is 0 Å². The zero-order valence-electron chi connectivity index (χ0n) is 8.14. The van der Waals surface area contributed by atoms with E-state index in [9.17, 15) is 9.59 Å². The molecule has 0 bridgehead atoms. The fourth-order valence-corrected chi connectivity index (χ4v) is 1.89. The molecule has 1 saturated carbocycles. The number of Topliss-reactive ketones (excluding diaryl/α,β-unsaturated/α-hetero) is 1. The first kappa shape index (κ1) is 10.2. The number of nitrogens with one attached hydrogen (secondary N) is 1. The fraction of sp³-hybridized carbons (Fsp3) is 0.800. The van der Waals surface area contributed by atoms with Crippen LogP contribution in [0.5, 0.6) is 0 Å². The highest BCUT2D eigenvalue weighted by molar-refractivity contribution is 6.36. The van der Waals surface area contributed by atoms with Crippen LogP contribution in [0.2, 0.25) is 0 Å². The third kappa shape index (κ3) is 3.17. The molecule has 3 heteroatoms. The zero-order chi connectivity index (χ0) is 9.68. The normalized spacial score (nSPS) is 18.2. The SMILES string of the molecule is CNC(=O)C(=O)CC1CCCCC1. The Bertz CT molecular complexity index is 195. The topological polar surface area (TPSA) is 46.2 Å². The average Bonchev–Trinajstić information content (AvgIpc) is 2.18. The van der Waals surface area contributed by atoms with Crippen molar-refractivity contribution < 1.29 is 9.59 Å². The first-order valence-corrected chi connectivity index (χ1v) is 4.99. The van der Waals surface area contributed by atoms with Gasteiger partial charge < -0.3 is 5.32 Å². The van der Waals surface area contributed by atoms with Crippen molar-refractivity contribution >= 4 is 11.7 Å². The van der Waals surface area contributed by atoms with Crippen LogP contribution in [0.1, 0.15) is 38.5 Å². The van der Waals surface area contributed by atoms with Crippen molar-refractivity contribution in [3.8, 4) is 0 Å². The van der Waals surface area contributed by atoms with Crippen molar-refractivity contribution in [2.24, 2.45) is 5.92 Å². The molecule has 0 aliphatic heterocycles. The molecule has 1 N–H and O–H groups in total. The minimum atomic E-state index is -0.439. The van der Waals surface area contributed by atoms with Crippen LogP contribution in [-0.4, -0.2) is 18.7 Å². The van der Waals surface area contributed by atoms with Crippen LogP contribution < -0.4 is 5.32 Å². The van der Waals surface area contributed by atoms with Crippen molar-refractivity contribution in [3.05, 3.63) is 0 Å². The van der Waals surface area contributed by atoms with Crippen LogP contribution in [0, 0.1) is 5.92 Å². The molecule has 1 amide bonds. The number of amides is 1. The van der Waals surface area contributed by atoms with Gasteiger partial charge in [0.15, 0.2) is 0 Å². The summed E-state index contributed by atoms with van der Waals surface area (Å²) in [5.74, 6) is -0.237. The van der Waals surface area contributed by atoms with E-state index in [-0.39, 0.29) is 5.78 Å². The molecule has 0 unspecified atom stereocenters. The molecule has 0 spiro atoms. The summed E-state index contributed by atoms with van der Waals surface area (Å²) in [7, 11) is 1.50. The fourth-order valence-electron chi connectivity index (χ4n) is 1.89. The molecule has 74 valence electrons. The molecule has 0 atom stereocenters. The predicted molar refractivity (Wildman–Crippen MR) is 50.3 cm³/mol. The highest BCUT2D eigenvalue weighted by Crippen LogP contribution is 2.26. The van der Waals surface area contributed by atoms with Gasteiger partial charge in [-0.15, -0.1) is 0 Å². The predicted octanol–water partition coefficient (Wildman–Crippen LogP) is 1.27. The standard InChI is InChI=1S/C10H17NO2/c1-11-10(13)9(12)7-8-5-3-2-4-6-8/h8H,2-7H2,1H3,(H,11,13). The van der Waals surface area contributed by atoms with Gasteiger partial charge in [0.05, 0.1) is 0 Å². The van der Waals surface area contributed by atoms with Gasteiger partial charge in [0, 0.05) is 13.5 Å². The monoisotopic (exact) mass is 183 g/mol. The van der Waals surface area contributed by atoms with Gasteiger partial charge in [-0.3, -0.25) is 9.59 Å². The molecule has 0 heterocycles. The lowest BCUT2D eigenvalue weighted by Crippen LogP contribution is -2.29. The van der Waals surface area contributed by atoms with Gasteiger partial charge in [0.2, 0.25) is 5.78 Å². The number of rotatable bonds is 3. The maximum Gasteiger partial charge on any atom is 0.287 e. The van der Waals surface area contributed by atoms with E-state index in [0.717, 1.165) is 12.8 Å². The maximum absolute atomic E-state index is 11.2. The van der Waals surface area contributed by atoms with Crippen LogP contribution in [0.3, 0.4) is 0 Å². The number of likely N-dealkylation sites (N-methyl/N-ethyl adjacent to an activating group) is 1. The first-order chi connectivity index (χ1) is 6.24. The van der Waals surface area contributed by atoms with Gasteiger partial charge in [-0.2, -0.15) is 0 Å². The summed E-state index contributed by atoms with van der Waals surface area (Å²) < 4.78 is 0. The smallest absolute Gasteiger partial charge is 0.287 e. The summed E-state index contributed by atoms with van der Waals surface area (Å²) in [4.78, 5) is 22.2. The lowest BCUT2D eigenvalue weighted by Gasteiger charge is -2.20. The summed E-state index contributed by atoms with van der Waals surface area (Å²) in [5.41, 5.74) is 0. The third-order valence-electron chi connectivity index (χ3n) is 2.68. The second kappa shape index (κ2) is 5.00. The molecule has 0 saturated heterocycles.